The molecule has 0 aromatic heterocycles. The SMILES string of the molecule is Nc1cc(NCCc2ccccc2)cc(Nc2cc[c]cc2OCc2ccccc2)c1. The summed E-state index contributed by atoms with van der Waals surface area (Å²) in [7, 11) is 0. The zero-order valence-corrected chi connectivity index (χ0v) is 17.3. The minimum atomic E-state index is 0.497. The Kier molecular flexibility index (Phi) is 6.71. The quantitative estimate of drug-likeness (QED) is 0.295. The highest BCUT2D eigenvalue weighted by Gasteiger charge is 2.06. The first kappa shape index (κ1) is 20.4. The Morgan fingerprint density at radius 3 is 2.29 bits per heavy atom. The number of nitrogens with one attached hydrogen (secondary N) is 2. The maximum Gasteiger partial charge on any atom is 0.143 e. The lowest BCUT2D eigenvalue weighted by atomic mass is 10.1. The second-order valence-electron chi connectivity index (χ2n) is 7.33. The summed E-state index contributed by atoms with van der Waals surface area (Å²) in [4.78, 5) is 0. The molecule has 1 radical (unpaired) electrons. The third-order valence-corrected chi connectivity index (χ3v) is 4.88. The number of hydrogen-bond donors (Lipinski definition) is 3. The van der Waals surface area contributed by atoms with Gasteiger partial charge in [-0.3, -0.25) is 0 Å². The van der Waals surface area contributed by atoms with Crippen molar-refractivity contribution in [1.82, 2.24) is 0 Å². The molecule has 4 aromatic rings. The first-order valence-corrected chi connectivity index (χ1v) is 10.4. The molecule has 0 aliphatic heterocycles. The first-order valence-electron chi connectivity index (χ1n) is 10.4. The number of hydrogen-bond acceptors (Lipinski definition) is 4. The van der Waals surface area contributed by atoms with Gasteiger partial charge in [-0.05, 0) is 53.9 Å². The number of nitrogen functional groups attached to an aromatic ring is 1. The number of ether oxygens (including phenoxy) is 1. The molecule has 0 aliphatic carbocycles. The summed E-state index contributed by atoms with van der Waals surface area (Å²) < 4.78 is 6.03. The van der Waals surface area contributed by atoms with Crippen molar-refractivity contribution in [3.63, 3.8) is 0 Å². The summed E-state index contributed by atoms with van der Waals surface area (Å²) in [5.74, 6) is 0.743. The third kappa shape index (κ3) is 6.03. The second kappa shape index (κ2) is 10.2. The average Bonchev–Trinajstić information content (AvgIpc) is 2.80. The van der Waals surface area contributed by atoms with E-state index >= 15 is 0 Å². The van der Waals surface area contributed by atoms with Crippen molar-refractivity contribution in [1.29, 1.82) is 0 Å². The predicted octanol–water partition coefficient (Wildman–Crippen LogP) is 6.05. The molecule has 0 aliphatic rings. The molecule has 4 aromatic carbocycles. The monoisotopic (exact) mass is 408 g/mol. The molecule has 0 heterocycles. The Morgan fingerprint density at radius 1 is 0.806 bits per heavy atom. The van der Waals surface area contributed by atoms with Gasteiger partial charge >= 0.3 is 0 Å². The molecule has 0 saturated heterocycles. The molecule has 0 fully saturated rings. The molecule has 0 bridgehead atoms. The van der Waals surface area contributed by atoms with Crippen LogP contribution in [0.2, 0.25) is 0 Å². The first-order chi connectivity index (χ1) is 15.3. The molecule has 4 rings (SSSR count). The normalized spacial score (nSPS) is 10.5. The van der Waals surface area contributed by atoms with E-state index in [1.54, 1.807) is 0 Å². The molecule has 4 N–H and O–H groups in total. The molecular formula is C27H26N3O. The Labute approximate surface area is 183 Å². The highest BCUT2D eigenvalue weighted by atomic mass is 16.5. The van der Waals surface area contributed by atoms with Crippen LogP contribution in [-0.4, -0.2) is 6.54 Å². The Hall–Kier alpha value is -3.92. The largest absolute Gasteiger partial charge is 0.487 e. The van der Waals surface area contributed by atoms with E-state index in [0.717, 1.165) is 41.3 Å². The Balaban J connectivity index is 1.42. The highest BCUT2D eigenvalue weighted by Crippen LogP contribution is 2.30. The van der Waals surface area contributed by atoms with Crippen LogP contribution in [0.3, 0.4) is 0 Å². The topological polar surface area (TPSA) is 59.3 Å². The van der Waals surface area contributed by atoms with Crippen molar-refractivity contribution in [3.05, 3.63) is 114 Å². The lowest BCUT2D eigenvalue weighted by molar-refractivity contribution is 0.308. The molecule has 31 heavy (non-hydrogen) atoms. The molecule has 155 valence electrons. The second-order valence-corrected chi connectivity index (χ2v) is 7.33. The molecule has 4 nitrogen and oxygen atoms in total. The lowest BCUT2D eigenvalue weighted by Gasteiger charge is -2.15. The van der Waals surface area contributed by atoms with Crippen molar-refractivity contribution in [3.8, 4) is 5.75 Å². The van der Waals surface area contributed by atoms with Crippen molar-refractivity contribution >= 4 is 22.7 Å². The summed E-state index contributed by atoms with van der Waals surface area (Å²) in [5.41, 5.74) is 12.0. The Morgan fingerprint density at radius 2 is 1.52 bits per heavy atom. The van der Waals surface area contributed by atoms with E-state index in [-0.39, 0.29) is 0 Å². The number of anilines is 4. The van der Waals surface area contributed by atoms with Crippen LogP contribution in [0.4, 0.5) is 22.7 Å². The standard InChI is InChI=1S/C27H26N3O/c28-23-17-24(29-16-15-21-9-3-1-4-10-21)19-25(18-23)30-26-13-7-8-14-27(26)31-20-22-11-5-2-6-12-22/h1-7,9-14,17-19,29-30H,15-16,20,28H2. The molecule has 0 amide bonds. The summed E-state index contributed by atoms with van der Waals surface area (Å²) in [6, 6.07) is 35.2. The van der Waals surface area contributed by atoms with Crippen LogP contribution in [0.25, 0.3) is 0 Å². The molecule has 0 spiro atoms. The average molecular weight is 409 g/mol. The van der Waals surface area contributed by atoms with E-state index in [1.807, 2.05) is 66.7 Å². The van der Waals surface area contributed by atoms with E-state index in [0.29, 0.717) is 12.3 Å². The van der Waals surface area contributed by atoms with Gasteiger partial charge < -0.3 is 21.1 Å². The maximum absolute atomic E-state index is 6.15. The van der Waals surface area contributed by atoms with E-state index in [4.69, 9.17) is 10.5 Å². The molecule has 0 unspecified atom stereocenters. The van der Waals surface area contributed by atoms with Gasteiger partial charge in [-0.2, -0.15) is 0 Å². The van der Waals surface area contributed by atoms with Gasteiger partial charge in [-0.15, -0.1) is 0 Å². The van der Waals surface area contributed by atoms with Gasteiger partial charge in [0.15, 0.2) is 0 Å². The van der Waals surface area contributed by atoms with E-state index in [2.05, 4.69) is 47.0 Å². The fraction of sp³-hybridized carbons (Fsp3) is 0.111. The van der Waals surface area contributed by atoms with Gasteiger partial charge in [0.05, 0.1) is 5.69 Å². The number of benzene rings is 4. The zero-order chi connectivity index (χ0) is 21.3. The fourth-order valence-corrected chi connectivity index (χ4v) is 3.35. The zero-order valence-electron chi connectivity index (χ0n) is 17.3. The molecule has 0 atom stereocenters. The minimum Gasteiger partial charge on any atom is -0.487 e. The van der Waals surface area contributed by atoms with Gasteiger partial charge in [0.25, 0.3) is 0 Å². The highest BCUT2D eigenvalue weighted by molar-refractivity contribution is 5.72. The summed E-state index contributed by atoms with van der Waals surface area (Å²) >= 11 is 0. The van der Waals surface area contributed by atoms with Gasteiger partial charge in [0, 0.05) is 23.6 Å². The number of nitrogens with two attached hydrogens (primary N) is 1. The smallest absolute Gasteiger partial charge is 0.143 e. The van der Waals surface area contributed by atoms with Crippen LogP contribution >= 0.6 is 0 Å². The minimum absolute atomic E-state index is 0.497. The third-order valence-electron chi connectivity index (χ3n) is 4.88. The molecular weight excluding hydrogens is 382 g/mol. The Bertz CT molecular complexity index is 1100. The van der Waals surface area contributed by atoms with Gasteiger partial charge in [-0.25, -0.2) is 0 Å². The van der Waals surface area contributed by atoms with E-state index in [1.165, 1.54) is 5.56 Å². The van der Waals surface area contributed by atoms with Crippen LogP contribution in [0, 0.1) is 6.07 Å². The van der Waals surface area contributed by atoms with Crippen molar-refractivity contribution in [2.24, 2.45) is 0 Å². The fourth-order valence-electron chi connectivity index (χ4n) is 3.35. The van der Waals surface area contributed by atoms with Crippen LogP contribution in [0.1, 0.15) is 11.1 Å². The summed E-state index contributed by atoms with van der Waals surface area (Å²) in [6.45, 7) is 1.33. The van der Waals surface area contributed by atoms with Gasteiger partial charge in [0.2, 0.25) is 0 Å². The van der Waals surface area contributed by atoms with Crippen LogP contribution in [0.5, 0.6) is 5.75 Å². The van der Waals surface area contributed by atoms with Crippen LogP contribution in [0.15, 0.2) is 97.1 Å². The van der Waals surface area contributed by atoms with Crippen LogP contribution in [-0.2, 0) is 13.0 Å². The van der Waals surface area contributed by atoms with E-state index < -0.39 is 0 Å². The summed E-state index contributed by atoms with van der Waals surface area (Å²) in [5, 5.41) is 6.90. The van der Waals surface area contributed by atoms with Crippen molar-refractivity contribution in [2.45, 2.75) is 13.0 Å². The van der Waals surface area contributed by atoms with Crippen molar-refractivity contribution < 1.29 is 4.74 Å². The summed E-state index contributed by atoms with van der Waals surface area (Å²) in [6.07, 6.45) is 0.949. The number of rotatable bonds is 9. The van der Waals surface area contributed by atoms with E-state index in [9.17, 15) is 0 Å². The maximum atomic E-state index is 6.15. The van der Waals surface area contributed by atoms with Crippen molar-refractivity contribution in [2.75, 3.05) is 22.9 Å². The molecule has 0 saturated carbocycles. The van der Waals surface area contributed by atoms with Gasteiger partial charge in [0.1, 0.15) is 12.4 Å². The lowest BCUT2D eigenvalue weighted by Crippen LogP contribution is -2.06. The van der Waals surface area contributed by atoms with Gasteiger partial charge in [-0.1, -0.05) is 66.7 Å². The predicted molar refractivity (Wildman–Crippen MR) is 129 cm³/mol. The van der Waals surface area contributed by atoms with Crippen LogP contribution < -0.4 is 21.1 Å². The molecule has 4 heteroatoms.